The molecule has 4 nitrogen and oxygen atoms in total. The Hall–Kier alpha value is -1.10. The first-order valence-electron chi connectivity index (χ1n) is 6.76. The van der Waals surface area contributed by atoms with Crippen LogP contribution < -0.4 is 0 Å². The smallest absolute Gasteiger partial charge is 0.289 e. The van der Waals surface area contributed by atoms with Crippen LogP contribution in [0, 0.1) is 5.92 Å². The third-order valence-corrected chi connectivity index (χ3v) is 4.59. The number of likely N-dealkylation sites (tertiary alicyclic amines) is 1. The van der Waals surface area contributed by atoms with Gasteiger partial charge in [-0.1, -0.05) is 0 Å². The molecular formula is C14H16BrNO3. The summed E-state index contributed by atoms with van der Waals surface area (Å²) >= 11 is 3.21. The minimum Gasteiger partial charge on any atom is -0.444 e. The first-order valence-corrected chi connectivity index (χ1v) is 7.55. The molecule has 1 aliphatic heterocycles. The molecule has 1 aromatic heterocycles. The van der Waals surface area contributed by atoms with E-state index in [-0.39, 0.29) is 17.9 Å². The van der Waals surface area contributed by atoms with E-state index in [9.17, 15) is 9.59 Å². The number of nitrogens with zero attached hydrogens (tertiary/aromatic N) is 1. The third-order valence-electron chi connectivity index (χ3n) is 4.16. The lowest BCUT2D eigenvalue weighted by atomic mass is 9.95. The van der Waals surface area contributed by atoms with Crippen LogP contribution in [-0.4, -0.2) is 29.2 Å². The van der Waals surface area contributed by atoms with Gasteiger partial charge in [-0.2, -0.15) is 0 Å². The Bertz CT molecular complexity index is 511. The van der Waals surface area contributed by atoms with Crippen molar-refractivity contribution >= 4 is 27.6 Å². The van der Waals surface area contributed by atoms with Crippen molar-refractivity contribution in [3.05, 3.63) is 22.6 Å². The Balaban J connectivity index is 1.79. The molecule has 1 aromatic rings. The second kappa shape index (κ2) is 5.12. The van der Waals surface area contributed by atoms with E-state index >= 15 is 0 Å². The van der Waals surface area contributed by atoms with Crippen LogP contribution in [0.4, 0.5) is 0 Å². The van der Waals surface area contributed by atoms with Crippen molar-refractivity contribution < 1.29 is 14.0 Å². The van der Waals surface area contributed by atoms with Crippen molar-refractivity contribution in [3.63, 3.8) is 0 Å². The van der Waals surface area contributed by atoms with E-state index in [2.05, 4.69) is 15.9 Å². The van der Waals surface area contributed by atoms with Gasteiger partial charge in [-0.25, -0.2) is 0 Å². The number of Topliss-reactive ketones (excluding diaryl/α,β-unsaturated/α-hetero) is 1. The first kappa shape index (κ1) is 12.9. The van der Waals surface area contributed by atoms with Crippen molar-refractivity contribution in [1.29, 1.82) is 0 Å². The van der Waals surface area contributed by atoms with Crippen molar-refractivity contribution in [2.75, 3.05) is 6.54 Å². The minimum absolute atomic E-state index is 0.0462. The molecule has 3 rings (SSSR count). The number of carbonyl (C=O) groups is 2. The second-order valence-corrected chi connectivity index (χ2v) is 6.06. The number of hydrogen-bond donors (Lipinski definition) is 0. The first-order chi connectivity index (χ1) is 9.16. The molecule has 2 fully saturated rings. The number of amides is 1. The van der Waals surface area contributed by atoms with Crippen molar-refractivity contribution in [1.82, 2.24) is 4.90 Å². The molecule has 2 atom stereocenters. The lowest BCUT2D eigenvalue weighted by Gasteiger charge is -2.27. The van der Waals surface area contributed by atoms with Gasteiger partial charge in [-0.3, -0.25) is 9.59 Å². The fourth-order valence-electron chi connectivity index (χ4n) is 3.28. The van der Waals surface area contributed by atoms with Crippen LogP contribution in [0.15, 0.2) is 21.2 Å². The highest BCUT2D eigenvalue weighted by Crippen LogP contribution is 2.34. The highest BCUT2D eigenvalue weighted by Gasteiger charge is 2.40. The van der Waals surface area contributed by atoms with E-state index in [0.717, 1.165) is 32.2 Å². The van der Waals surface area contributed by atoms with E-state index in [4.69, 9.17) is 4.42 Å². The zero-order valence-corrected chi connectivity index (χ0v) is 12.2. The molecule has 2 aliphatic rings. The molecule has 0 N–H and O–H groups in total. The highest BCUT2D eigenvalue weighted by molar-refractivity contribution is 9.10. The van der Waals surface area contributed by atoms with E-state index < -0.39 is 0 Å². The zero-order chi connectivity index (χ0) is 13.4. The van der Waals surface area contributed by atoms with Gasteiger partial charge in [0.1, 0.15) is 5.78 Å². The summed E-state index contributed by atoms with van der Waals surface area (Å²) in [5.74, 6) is 0.632. The molecule has 19 heavy (non-hydrogen) atoms. The second-order valence-electron chi connectivity index (χ2n) is 5.28. The summed E-state index contributed by atoms with van der Waals surface area (Å²) in [7, 11) is 0. The number of hydrogen-bond acceptors (Lipinski definition) is 3. The SMILES string of the molecule is O=C1CCCC1C1CCCN1C(=O)c1ccc(Br)o1. The summed E-state index contributed by atoms with van der Waals surface area (Å²) in [4.78, 5) is 26.2. The molecular weight excluding hydrogens is 310 g/mol. The van der Waals surface area contributed by atoms with Gasteiger partial charge in [0.05, 0.1) is 0 Å². The largest absolute Gasteiger partial charge is 0.444 e. The zero-order valence-electron chi connectivity index (χ0n) is 10.6. The molecule has 102 valence electrons. The fraction of sp³-hybridized carbons (Fsp3) is 0.571. The molecule has 2 unspecified atom stereocenters. The average molecular weight is 326 g/mol. The molecule has 2 heterocycles. The summed E-state index contributed by atoms with van der Waals surface area (Å²) in [6, 6.07) is 3.48. The van der Waals surface area contributed by atoms with Crippen LogP contribution in [0.5, 0.6) is 0 Å². The van der Waals surface area contributed by atoms with Crippen LogP contribution in [0.3, 0.4) is 0 Å². The maximum Gasteiger partial charge on any atom is 0.289 e. The number of furan rings is 1. The Morgan fingerprint density at radius 3 is 2.79 bits per heavy atom. The Labute approximate surface area is 120 Å². The van der Waals surface area contributed by atoms with E-state index in [1.54, 1.807) is 12.1 Å². The number of ketones is 1. The quantitative estimate of drug-likeness (QED) is 0.839. The van der Waals surface area contributed by atoms with Crippen molar-refractivity contribution in [3.8, 4) is 0 Å². The molecule has 0 radical (unpaired) electrons. The molecule has 0 bridgehead atoms. The van der Waals surface area contributed by atoms with E-state index in [1.165, 1.54) is 0 Å². The highest BCUT2D eigenvalue weighted by atomic mass is 79.9. The summed E-state index contributed by atoms with van der Waals surface area (Å²) < 4.78 is 5.89. The molecule has 1 aliphatic carbocycles. The van der Waals surface area contributed by atoms with Crippen LogP contribution in [0.25, 0.3) is 0 Å². The van der Waals surface area contributed by atoms with Gasteiger partial charge in [0.2, 0.25) is 0 Å². The molecule has 0 aromatic carbocycles. The number of halogens is 1. The third kappa shape index (κ3) is 2.36. The molecule has 1 saturated heterocycles. The van der Waals surface area contributed by atoms with Gasteiger partial charge in [0.15, 0.2) is 10.4 Å². The standard InChI is InChI=1S/C14H16BrNO3/c15-13-7-6-12(19-13)14(18)16-8-2-4-10(16)9-3-1-5-11(9)17/h6-7,9-10H,1-5,8H2. The predicted octanol–water partition coefficient (Wildman–Crippen LogP) is 3.02. The molecule has 1 saturated carbocycles. The number of rotatable bonds is 2. The fourth-order valence-corrected chi connectivity index (χ4v) is 3.59. The average Bonchev–Trinajstić information content (AvgIpc) is 3.07. The molecule has 0 spiro atoms. The van der Waals surface area contributed by atoms with Gasteiger partial charge >= 0.3 is 0 Å². The Morgan fingerprint density at radius 2 is 2.16 bits per heavy atom. The van der Waals surface area contributed by atoms with E-state index in [0.29, 0.717) is 22.6 Å². The lowest BCUT2D eigenvalue weighted by molar-refractivity contribution is -0.121. The van der Waals surface area contributed by atoms with Gasteiger partial charge in [-0.15, -0.1) is 0 Å². The van der Waals surface area contributed by atoms with Crippen molar-refractivity contribution in [2.24, 2.45) is 5.92 Å². The monoisotopic (exact) mass is 325 g/mol. The van der Waals surface area contributed by atoms with Crippen molar-refractivity contribution in [2.45, 2.75) is 38.1 Å². The number of carbonyl (C=O) groups excluding carboxylic acids is 2. The summed E-state index contributed by atoms with van der Waals surface area (Å²) in [6.07, 6.45) is 4.48. The minimum atomic E-state index is -0.0899. The maximum absolute atomic E-state index is 12.4. The Morgan fingerprint density at radius 1 is 1.32 bits per heavy atom. The van der Waals surface area contributed by atoms with Crippen LogP contribution in [0.1, 0.15) is 42.7 Å². The van der Waals surface area contributed by atoms with Crippen LogP contribution in [-0.2, 0) is 4.79 Å². The van der Waals surface area contributed by atoms with E-state index in [1.807, 2.05) is 4.90 Å². The predicted molar refractivity (Wildman–Crippen MR) is 72.8 cm³/mol. The van der Waals surface area contributed by atoms with Crippen LogP contribution in [0.2, 0.25) is 0 Å². The van der Waals surface area contributed by atoms with Gasteiger partial charge < -0.3 is 9.32 Å². The van der Waals surface area contributed by atoms with Gasteiger partial charge in [-0.05, 0) is 53.7 Å². The summed E-state index contributed by atoms with van der Waals surface area (Å²) in [6.45, 7) is 0.728. The Kier molecular flexibility index (Phi) is 3.48. The lowest BCUT2D eigenvalue weighted by Crippen LogP contribution is -2.41. The normalized spacial score (nSPS) is 27.2. The summed E-state index contributed by atoms with van der Waals surface area (Å²) in [5.41, 5.74) is 0. The molecule has 1 amide bonds. The summed E-state index contributed by atoms with van der Waals surface area (Å²) in [5, 5.41) is 0. The topological polar surface area (TPSA) is 50.5 Å². The maximum atomic E-state index is 12.4. The van der Waals surface area contributed by atoms with Gasteiger partial charge in [0, 0.05) is 24.9 Å². The van der Waals surface area contributed by atoms with Crippen LogP contribution >= 0.6 is 15.9 Å². The molecule has 5 heteroatoms. The van der Waals surface area contributed by atoms with Gasteiger partial charge in [0.25, 0.3) is 5.91 Å².